The van der Waals surface area contributed by atoms with Crippen molar-refractivity contribution in [3.8, 4) is 5.88 Å². The number of methoxy groups -OCH3 is 1. The molecule has 1 amide bonds. The van der Waals surface area contributed by atoms with Gasteiger partial charge in [0.2, 0.25) is 5.88 Å². The molecule has 0 saturated heterocycles. The molecule has 0 fully saturated rings. The van der Waals surface area contributed by atoms with E-state index in [9.17, 15) is 4.79 Å². The van der Waals surface area contributed by atoms with Crippen LogP contribution in [0.4, 0.5) is 0 Å². The van der Waals surface area contributed by atoms with Crippen molar-refractivity contribution >= 4 is 5.91 Å². The van der Waals surface area contributed by atoms with Crippen LogP contribution in [0.5, 0.6) is 5.88 Å². The van der Waals surface area contributed by atoms with Gasteiger partial charge in [-0.1, -0.05) is 0 Å². The number of hydrogen-bond acceptors (Lipinski definition) is 3. The van der Waals surface area contributed by atoms with Gasteiger partial charge in [0.05, 0.1) is 18.4 Å². The maximum Gasteiger partial charge on any atom is 0.253 e. The Labute approximate surface area is 82.3 Å². The fourth-order valence-electron chi connectivity index (χ4n) is 1.55. The Balaban J connectivity index is 2.43. The lowest BCUT2D eigenvalue weighted by Gasteiger charge is -2.05. The molecule has 14 heavy (non-hydrogen) atoms. The van der Waals surface area contributed by atoms with Crippen molar-refractivity contribution in [1.29, 1.82) is 0 Å². The summed E-state index contributed by atoms with van der Waals surface area (Å²) >= 11 is 0. The maximum atomic E-state index is 11.5. The average Bonchev–Trinajstić information content (AvgIpc) is 2.40. The molecule has 2 heterocycles. The summed E-state index contributed by atoms with van der Waals surface area (Å²) in [5.41, 5.74) is 1.50. The summed E-state index contributed by atoms with van der Waals surface area (Å²) in [5.74, 6) is 0.533. The van der Waals surface area contributed by atoms with Gasteiger partial charge in [0.25, 0.3) is 5.91 Å². The van der Waals surface area contributed by atoms with E-state index in [4.69, 9.17) is 4.74 Å². The van der Waals surface area contributed by atoms with Crippen LogP contribution in [0, 0.1) is 0 Å². The Hall–Kier alpha value is -1.58. The third kappa shape index (κ3) is 1.55. The molecule has 4 heteroatoms. The zero-order chi connectivity index (χ0) is 9.97. The Bertz CT molecular complexity index is 363. The number of nitrogens with zero attached hydrogens (tertiary/aromatic N) is 1. The van der Waals surface area contributed by atoms with Crippen LogP contribution in [-0.4, -0.2) is 24.5 Å². The van der Waals surface area contributed by atoms with E-state index in [1.165, 1.54) is 0 Å². The van der Waals surface area contributed by atoms with Gasteiger partial charge in [-0.25, -0.2) is 4.98 Å². The number of aromatic nitrogens is 1. The number of aryl methyl sites for hydroxylation is 1. The number of fused-ring (bicyclic) bond motifs is 1. The molecule has 0 aliphatic carbocycles. The molecule has 0 bridgehead atoms. The Morgan fingerprint density at radius 3 is 3.14 bits per heavy atom. The van der Waals surface area contributed by atoms with E-state index < -0.39 is 0 Å². The summed E-state index contributed by atoms with van der Waals surface area (Å²) in [4.78, 5) is 15.8. The molecule has 1 aliphatic heterocycles. The molecule has 1 aromatic heterocycles. The first-order valence-electron chi connectivity index (χ1n) is 4.63. The number of nitrogens with one attached hydrogen (secondary N) is 1. The highest BCUT2D eigenvalue weighted by Crippen LogP contribution is 2.16. The summed E-state index contributed by atoms with van der Waals surface area (Å²) < 4.78 is 5.01. The first-order chi connectivity index (χ1) is 6.81. The molecular weight excluding hydrogens is 180 g/mol. The second-order valence-corrected chi connectivity index (χ2v) is 3.21. The molecule has 0 unspecified atom stereocenters. The van der Waals surface area contributed by atoms with Crippen LogP contribution in [0.25, 0.3) is 0 Å². The van der Waals surface area contributed by atoms with E-state index in [1.807, 2.05) is 0 Å². The van der Waals surface area contributed by atoms with Crippen molar-refractivity contribution in [2.45, 2.75) is 12.8 Å². The SMILES string of the molecule is COc1ccc2c(n1)CCCNC2=O. The Morgan fingerprint density at radius 1 is 1.50 bits per heavy atom. The van der Waals surface area contributed by atoms with Crippen molar-refractivity contribution in [3.63, 3.8) is 0 Å². The van der Waals surface area contributed by atoms with E-state index in [0.717, 1.165) is 25.1 Å². The lowest BCUT2D eigenvalue weighted by molar-refractivity contribution is 0.0955. The number of hydrogen-bond donors (Lipinski definition) is 1. The highest BCUT2D eigenvalue weighted by molar-refractivity contribution is 5.95. The maximum absolute atomic E-state index is 11.5. The van der Waals surface area contributed by atoms with E-state index in [1.54, 1.807) is 19.2 Å². The minimum Gasteiger partial charge on any atom is -0.481 e. The van der Waals surface area contributed by atoms with Crippen molar-refractivity contribution in [3.05, 3.63) is 23.4 Å². The van der Waals surface area contributed by atoms with Crippen LogP contribution in [0.3, 0.4) is 0 Å². The molecule has 1 aromatic rings. The molecule has 0 radical (unpaired) electrons. The lowest BCUT2D eigenvalue weighted by Crippen LogP contribution is -2.22. The third-order valence-corrected chi connectivity index (χ3v) is 2.28. The lowest BCUT2D eigenvalue weighted by atomic mass is 10.1. The predicted molar refractivity (Wildman–Crippen MR) is 51.4 cm³/mol. The fourth-order valence-corrected chi connectivity index (χ4v) is 1.55. The van der Waals surface area contributed by atoms with Crippen molar-refractivity contribution < 1.29 is 9.53 Å². The van der Waals surface area contributed by atoms with E-state index in [-0.39, 0.29) is 5.91 Å². The number of pyridine rings is 1. The van der Waals surface area contributed by atoms with Crippen LogP contribution in [0.15, 0.2) is 12.1 Å². The molecule has 0 atom stereocenters. The van der Waals surface area contributed by atoms with Gasteiger partial charge in [0, 0.05) is 12.6 Å². The monoisotopic (exact) mass is 192 g/mol. The molecule has 1 aliphatic rings. The topological polar surface area (TPSA) is 51.2 Å². The van der Waals surface area contributed by atoms with Crippen LogP contribution in [0.2, 0.25) is 0 Å². The normalized spacial score (nSPS) is 15.4. The zero-order valence-electron chi connectivity index (χ0n) is 8.04. The Kier molecular flexibility index (Phi) is 2.35. The first-order valence-corrected chi connectivity index (χ1v) is 4.63. The van der Waals surface area contributed by atoms with Crippen molar-refractivity contribution in [1.82, 2.24) is 10.3 Å². The molecule has 0 spiro atoms. The van der Waals surface area contributed by atoms with E-state index in [0.29, 0.717) is 11.4 Å². The van der Waals surface area contributed by atoms with Gasteiger partial charge in [-0.05, 0) is 18.9 Å². The van der Waals surface area contributed by atoms with Crippen LogP contribution < -0.4 is 10.1 Å². The molecule has 74 valence electrons. The highest BCUT2D eigenvalue weighted by atomic mass is 16.5. The van der Waals surface area contributed by atoms with Crippen molar-refractivity contribution in [2.24, 2.45) is 0 Å². The third-order valence-electron chi connectivity index (χ3n) is 2.28. The van der Waals surface area contributed by atoms with Gasteiger partial charge in [-0.15, -0.1) is 0 Å². The summed E-state index contributed by atoms with van der Waals surface area (Å²) in [6.07, 6.45) is 1.75. The first kappa shape index (κ1) is 8.99. The number of carbonyl (C=O) groups excluding carboxylic acids is 1. The second-order valence-electron chi connectivity index (χ2n) is 3.21. The summed E-state index contributed by atoms with van der Waals surface area (Å²) in [6, 6.07) is 3.48. The van der Waals surface area contributed by atoms with Crippen LogP contribution >= 0.6 is 0 Å². The number of amides is 1. The quantitative estimate of drug-likeness (QED) is 0.715. The van der Waals surface area contributed by atoms with Crippen molar-refractivity contribution in [2.75, 3.05) is 13.7 Å². The number of ether oxygens (including phenoxy) is 1. The van der Waals surface area contributed by atoms with Gasteiger partial charge in [-0.2, -0.15) is 0 Å². The van der Waals surface area contributed by atoms with Crippen LogP contribution in [-0.2, 0) is 6.42 Å². The zero-order valence-corrected chi connectivity index (χ0v) is 8.04. The minimum atomic E-state index is -0.0346. The van der Waals surface area contributed by atoms with E-state index >= 15 is 0 Å². The predicted octanol–water partition coefficient (Wildman–Crippen LogP) is 0.766. The standard InChI is InChI=1S/C10H12N2O2/c1-14-9-5-4-7-8(12-9)3-2-6-11-10(7)13/h4-5H,2-3,6H2,1H3,(H,11,13). The molecule has 0 saturated carbocycles. The van der Waals surface area contributed by atoms with Gasteiger partial charge in [-0.3, -0.25) is 4.79 Å². The minimum absolute atomic E-state index is 0.0346. The second kappa shape index (κ2) is 3.65. The summed E-state index contributed by atoms with van der Waals surface area (Å²) in [5, 5.41) is 2.82. The molecule has 1 N–H and O–H groups in total. The number of rotatable bonds is 1. The fraction of sp³-hybridized carbons (Fsp3) is 0.400. The molecule has 4 nitrogen and oxygen atoms in total. The average molecular weight is 192 g/mol. The van der Waals surface area contributed by atoms with E-state index in [2.05, 4.69) is 10.3 Å². The summed E-state index contributed by atoms with van der Waals surface area (Å²) in [6.45, 7) is 0.720. The highest BCUT2D eigenvalue weighted by Gasteiger charge is 2.16. The van der Waals surface area contributed by atoms with Gasteiger partial charge in [0.1, 0.15) is 0 Å². The summed E-state index contributed by atoms with van der Waals surface area (Å²) in [7, 11) is 1.57. The smallest absolute Gasteiger partial charge is 0.253 e. The van der Waals surface area contributed by atoms with Gasteiger partial charge >= 0.3 is 0 Å². The van der Waals surface area contributed by atoms with Gasteiger partial charge in [0.15, 0.2) is 0 Å². The number of carbonyl (C=O) groups is 1. The van der Waals surface area contributed by atoms with Crippen LogP contribution in [0.1, 0.15) is 22.5 Å². The molecule has 0 aromatic carbocycles. The van der Waals surface area contributed by atoms with Gasteiger partial charge < -0.3 is 10.1 Å². The Morgan fingerprint density at radius 2 is 2.36 bits per heavy atom. The largest absolute Gasteiger partial charge is 0.481 e. The molecular formula is C10H12N2O2. The molecule has 2 rings (SSSR count).